The quantitative estimate of drug-likeness (QED) is 0.118. The minimum Gasteiger partial charge on any atom is -0.207 e. The van der Waals surface area contributed by atoms with E-state index >= 15 is 0 Å². The van der Waals surface area contributed by atoms with Crippen LogP contribution in [0.25, 0.3) is 0 Å². The highest BCUT2D eigenvalue weighted by atomic mass is 19.3. The summed E-state index contributed by atoms with van der Waals surface area (Å²) >= 11 is 0. The van der Waals surface area contributed by atoms with Gasteiger partial charge in [0.05, 0.1) is 0 Å². The minimum atomic E-state index is -2.41. The zero-order chi connectivity index (χ0) is 27.8. The summed E-state index contributed by atoms with van der Waals surface area (Å²) in [7, 11) is 0. The van der Waals surface area contributed by atoms with Gasteiger partial charge in [0, 0.05) is 12.3 Å². The van der Waals surface area contributed by atoms with Crippen molar-refractivity contribution in [3.05, 3.63) is 24.8 Å². The fourth-order valence-electron chi connectivity index (χ4n) is 7.93. The van der Waals surface area contributed by atoms with Crippen LogP contribution in [-0.2, 0) is 0 Å². The fourth-order valence-corrected chi connectivity index (χ4v) is 7.93. The number of allylic oxidation sites excluding steroid dienone is 3. The molecule has 2 atom stereocenters. The number of hydrogen-bond donors (Lipinski definition) is 0. The summed E-state index contributed by atoms with van der Waals surface area (Å²) in [5.74, 6) is 1.11. The van der Waals surface area contributed by atoms with Crippen molar-refractivity contribution in [1.82, 2.24) is 0 Å². The van der Waals surface area contributed by atoms with E-state index < -0.39 is 11.8 Å². The van der Waals surface area contributed by atoms with Gasteiger partial charge in [-0.2, -0.15) is 0 Å². The topological polar surface area (TPSA) is 0 Å². The Labute approximate surface area is 242 Å². The number of halogens is 2. The first-order valence-corrected chi connectivity index (χ1v) is 17.6. The van der Waals surface area contributed by atoms with Crippen LogP contribution in [0, 0.1) is 35.5 Å². The summed E-state index contributed by atoms with van der Waals surface area (Å²) in [5, 5.41) is 0. The molecule has 0 aromatic heterocycles. The van der Waals surface area contributed by atoms with Gasteiger partial charge in [0.15, 0.2) is 0 Å². The Hall–Kier alpha value is -0.660. The second-order valence-corrected chi connectivity index (χ2v) is 14.2. The van der Waals surface area contributed by atoms with Gasteiger partial charge in [0.1, 0.15) is 0 Å². The van der Waals surface area contributed by atoms with Gasteiger partial charge in [-0.25, -0.2) is 8.78 Å². The van der Waals surface area contributed by atoms with Crippen LogP contribution in [0.15, 0.2) is 24.8 Å². The molecule has 2 heteroatoms. The molecule has 0 heterocycles. The molecule has 0 radical (unpaired) electrons. The Morgan fingerprint density at radius 1 is 0.564 bits per heavy atom. The van der Waals surface area contributed by atoms with E-state index in [0.717, 1.165) is 42.9 Å². The van der Waals surface area contributed by atoms with Crippen LogP contribution in [-0.4, -0.2) is 5.92 Å². The average molecular weight is 547 g/mol. The summed E-state index contributed by atoms with van der Waals surface area (Å²) in [5.41, 5.74) is 0. The molecule has 3 aliphatic rings. The lowest BCUT2D eigenvalue weighted by atomic mass is 9.77. The fraction of sp³-hybridized carbons (Fsp3) is 0.892. The highest BCUT2D eigenvalue weighted by Gasteiger charge is 2.41. The van der Waals surface area contributed by atoms with Crippen LogP contribution < -0.4 is 0 Å². The molecular formula is C37H64F2. The van der Waals surface area contributed by atoms with E-state index in [1.54, 1.807) is 6.92 Å². The van der Waals surface area contributed by atoms with Gasteiger partial charge in [-0.1, -0.05) is 102 Å². The van der Waals surface area contributed by atoms with Crippen LogP contribution in [0.1, 0.15) is 167 Å². The molecule has 0 aromatic carbocycles. The highest BCUT2D eigenvalue weighted by Crippen LogP contribution is 2.42. The first-order valence-electron chi connectivity index (χ1n) is 17.6. The van der Waals surface area contributed by atoms with Gasteiger partial charge < -0.3 is 0 Å². The lowest BCUT2D eigenvalue weighted by Gasteiger charge is -2.34. The Bertz CT molecular complexity index is 650. The molecule has 0 saturated heterocycles. The summed E-state index contributed by atoms with van der Waals surface area (Å²) in [6.07, 6.45) is 39.2. The largest absolute Gasteiger partial charge is 0.250 e. The second-order valence-electron chi connectivity index (χ2n) is 14.2. The predicted octanol–water partition coefficient (Wildman–Crippen LogP) is 12.9. The molecular weight excluding hydrogens is 482 g/mol. The van der Waals surface area contributed by atoms with E-state index in [4.69, 9.17) is 0 Å². The van der Waals surface area contributed by atoms with Gasteiger partial charge in [0.2, 0.25) is 0 Å². The molecule has 3 fully saturated rings. The molecule has 226 valence electrons. The van der Waals surface area contributed by atoms with Crippen molar-refractivity contribution < 1.29 is 8.78 Å². The van der Waals surface area contributed by atoms with Crippen molar-refractivity contribution in [3.8, 4) is 0 Å². The molecule has 0 N–H and O–H groups in total. The SMILES string of the molecule is C=CCCCCCCCC1CCC(C=CC2CCC(CCCCCCCC3CCC(C)C(F)(F)C3)CC2)CC1. The predicted molar refractivity (Wildman–Crippen MR) is 166 cm³/mol. The van der Waals surface area contributed by atoms with Gasteiger partial charge in [-0.15, -0.1) is 6.58 Å². The summed E-state index contributed by atoms with van der Waals surface area (Å²) in [6.45, 7) is 5.54. The van der Waals surface area contributed by atoms with Crippen molar-refractivity contribution in [1.29, 1.82) is 0 Å². The molecule has 0 aromatic rings. The van der Waals surface area contributed by atoms with Crippen LogP contribution in [0.3, 0.4) is 0 Å². The minimum absolute atomic E-state index is 0.143. The van der Waals surface area contributed by atoms with Crippen molar-refractivity contribution in [2.24, 2.45) is 35.5 Å². The van der Waals surface area contributed by atoms with Gasteiger partial charge >= 0.3 is 0 Å². The zero-order valence-electron chi connectivity index (χ0n) is 25.8. The molecule has 0 bridgehead atoms. The molecule has 3 saturated carbocycles. The van der Waals surface area contributed by atoms with Crippen LogP contribution in [0.4, 0.5) is 8.78 Å². The third kappa shape index (κ3) is 13.2. The molecule has 3 rings (SSSR count). The third-order valence-electron chi connectivity index (χ3n) is 11.0. The summed E-state index contributed by atoms with van der Waals surface area (Å²) in [6, 6.07) is 0. The van der Waals surface area contributed by atoms with Crippen molar-refractivity contribution >= 4 is 0 Å². The van der Waals surface area contributed by atoms with Crippen LogP contribution in [0.2, 0.25) is 0 Å². The standard InChI is InChI=1S/C37H64F2/c1-3-4-5-6-7-9-12-15-32-20-24-34(25-21-32)28-29-35-26-22-33(23-27-35)16-13-10-8-11-14-17-36-19-18-31(2)37(38,39)30-36/h3,28-29,31-36H,1,4-27,30H2,2H3. The summed E-state index contributed by atoms with van der Waals surface area (Å²) < 4.78 is 27.9. The van der Waals surface area contributed by atoms with E-state index in [9.17, 15) is 8.78 Å². The van der Waals surface area contributed by atoms with E-state index in [2.05, 4.69) is 24.8 Å². The maximum Gasteiger partial charge on any atom is 0.250 e. The van der Waals surface area contributed by atoms with Crippen molar-refractivity contribution in [3.63, 3.8) is 0 Å². The smallest absolute Gasteiger partial charge is 0.207 e. The van der Waals surface area contributed by atoms with E-state index in [-0.39, 0.29) is 12.3 Å². The maximum atomic E-state index is 13.9. The molecule has 0 aliphatic heterocycles. The monoisotopic (exact) mass is 546 g/mol. The van der Waals surface area contributed by atoms with E-state index in [1.807, 2.05) is 0 Å². The highest BCUT2D eigenvalue weighted by molar-refractivity contribution is 4.96. The Morgan fingerprint density at radius 2 is 0.974 bits per heavy atom. The molecule has 0 amide bonds. The Kier molecular flexibility index (Phi) is 15.8. The zero-order valence-corrected chi connectivity index (χ0v) is 25.8. The third-order valence-corrected chi connectivity index (χ3v) is 11.0. The van der Waals surface area contributed by atoms with E-state index in [0.29, 0.717) is 6.42 Å². The van der Waals surface area contributed by atoms with Crippen molar-refractivity contribution in [2.75, 3.05) is 0 Å². The number of hydrogen-bond acceptors (Lipinski definition) is 0. The van der Waals surface area contributed by atoms with Gasteiger partial charge in [0.25, 0.3) is 5.92 Å². The molecule has 2 unspecified atom stereocenters. The average Bonchev–Trinajstić information content (AvgIpc) is 2.94. The molecule has 0 spiro atoms. The first kappa shape index (κ1) is 32.8. The first-order chi connectivity index (χ1) is 19.0. The lowest BCUT2D eigenvalue weighted by molar-refractivity contribution is -0.0964. The number of rotatable bonds is 18. The Morgan fingerprint density at radius 3 is 1.44 bits per heavy atom. The van der Waals surface area contributed by atoms with Crippen molar-refractivity contribution in [2.45, 2.75) is 173 Å². The summed E-state index contributed by atoms with van der Waals surface area (Å²) in [4.78, 5) is 0. The number of alkyl halides is 2. The normalized spacial score (nSPS) is 31.5. The Balaban J connectivity index is 1.13. The van der Waals surface area contributed by atoms with E-state index in [1.165, 1.54) is 128 Å². The molecule has 3 aliphatic carbocycles. The number of unbranched alkanes of at least 4 members (excludes halogenated alkanes) is 9. The second kappa shape index (κ2) is 18.7. The maximum absolute atomic E-state index is 13.9. The van der Waals surface area contributed by atoms with Gasteiger partial charge in [-0.3, -0.25) is 0 Å². The van der Waals surface area contributed by atoms with Crippen LogP contribution >= 0.6 is 0 Å². The van der Waals surface area contributed by atoms with Gasteiger partial charge in [-0.05, 0) is 107 Å². The lowest BCUT2D eigenvalue weighted by Crippen LogP contribution is -2.33. The van der Waals surface area contributed by atoms with Crippen LogP contribution in [0.5, 0.6) is 0 Å². The molecule has 39 heavy (non-hydrogen) atoms. The molecule has 0 nitrogen and oxygen atoms in total.